The Morgan fingerprint density at radius 1 is 0.960 bits per heavy atom. The van der Waals surface area contributed by atoms with E-state index in [1.165, 1.54) is 0 Å². The van der Waals surface area contributed by atoms with Gasteiger partial charge in [0.05, 0.1) is 5.69 Å². The molecule has 0 fully saturated rings. The second-order valence-electron chi connectivity index (χ2n) is 8.31. The molecule has 0 atom stereocenters. The van der Waals surface area contributed by atoms with Crippen LogP contribution in [0.1, 0.15) is 52.7 Å². The lowest BCUT2D eigenvalue weighted by atomic mass is 9.79. The lowest BCUT2D eigenvalue weighted by molar-refractivity contribution is -0.268. The summed E-state index contributed by atoms with van der Waals surface area (Å²) in [6.07, 6.45) is 0. The molecule has 0 saturated heterocycles. The van der Waals surface area contributed by atoms with Gasteiger partial charge in [-0.15, -0.1) is 0 Å². The lowest BCUT2D eigenvalue weighted by Gasteiger charge is -2.32. The van der Waals surface area contributed by atoms with Gasteiger partial charge in [-0.05, 0) is 45.6 Å². The Labute approximate surface area is 156 Å². The summed E-state index contributed by atoms with van der Waals surface area (Å²) in [5.74, 6) is 0.0684. The van der Waals surface area contributed by atoms with Gasteiger partial charge in [0, 0.05) is 10.6 Å². The first-order chi connectivity index (χ1) is 11.5. The molecule has 0 aliphatic heterocycles. The minimum absolute atomic E-state index is 0.0283. The molecule has 1 N–H and O–H groups in total. The number of benzene rings is 2. The summed E-state index contributed by atoms with van der Waals surface area (Å²) < 4.78 is 0. The summed E-state index contributed by atoms with van der Waals surface area (Å²) in [5.41, 5.74) is 3.33. The minimum atomic E-state index is -0.204. The summed E-state index contributed by atoms with van der Waals surface area (Å²) in [6.45, 7) is 16.6. The third-order valence-electron chi connectivity index (χ3n) is 4.13. The van der Waals surface area contributed by atoms with Gasteiger partial charge >= 0.3 is 0 Å². The van der Waals surface area contributed by atoms with Crippen molar-refractivity contribution in [1.82, 2.24) is 0 Å². The first kappa shape index (κ1) is 19.5. The smallest absolute Gasteiger partial charge is 0.0525 e. The maximum absolute atomic E-state index is 13.1. The molecule has 0 radical (unpaired) electrons. The molecule has 0 aliphatic carbocycles. The zero-order valence-electron chi connectivity index (χ0n) is 16.1. The van der Waals surface area contributed by atoms with Gasteiger partial charge < -0.3 is 10.4 Å². The highest BCUT2D eigenvalue weighted by Gasteiger charge is 2.22. The molecular formula is C22H28NOS-. The third kappa shape index (κ3) is 4.60. The standard InChI is InChI=1S/C22H29NOS/c1-8-25-19-12-10-9-11-17(19)23-18-14-15(21(2,3)4)13-16(20(18)24)22(5,6)7/h8-14,23-24H,1H2,2-7H3/p-1. The molecule has 2 rings (SSSR count). The number of anilines is 2. The van der Waals surface area contributed by atoms with E-state index in [2.05, 4.69) is 59.5 Å². The topological polar surface area (TPSA) is 35.1 Å². The van der Waals surface area contributed by atoms with Crippen LogP contribution in [0.15, 0.2) is 53.3 Å². The van der Waals surface area contributed by atoms with E-state index in [9.17, 15) is 5.11 Å². The predicted octanol–water partition coefficient (Wildman–Crippen LogP) is 6.33. The maximum atomic E-state index is 13.1. The molecule has 0 aliphatic rings. The van der Waals surface area contributed by atoms with Crippen molar-refractivity contribution in [2.45, 2.75) is 57.3 Å². The monoisotopic (exact) mass is 354 g/mol. The lowest BCUT2D eigenvalue weighted by Crippen LogP contribution is -2.19. The van der Waals surface area contributed by atoms with Crippen LogP contribution < -0.4 is 10.4 Å². The fourth-order valence-corrected chi connectivity index (χ4v) is 3.20. The summed E-state index contributed by atoms with van der Waals surface area (Å²) in [4.78, 5) is 1.05. The Kier molecular flexibility index (Phi) is 5.58. The van der Waals surface area contributed by atoms with E-state index < -0.39 is 0 Å². The maximum Gasteiger partial charge on any atom is 0.0525 e. The first-order valence-electron chi connectivity index (χ1n) is 8.53. The fourth-order valence-electron chi connectivity index (χ4n) is 2.62. The Balaban J connectivity index is 2.59. The van der Waals surface area contributed by atoms with E-state index >= 15 is 0 Å². The first-order valence-corrected chi connectivity index (χ1v) is 9.41. The zero-order chi connectivity index (χ0) is 18.8. The highest BCUT2D eigenvalue weighted by molar-refractivity contribution is 8.02. The number of para-hydroxylation sites is 1. The number of hydrogen-bond acceptors (Lipinski definition) is 3. The molecule has 0 amide bonds. The van der Waals surface area contributed by atoms with Crippen LogP contribution in [0.2, 0.25) is 0 Å². The minimum Gasteiger partial charge on any atom is -0.871 e. The highest BCUT2D eigenvalue weighted by Crippen LogP contribution is 2.41. The van der Waals surface area contributed by atoms with E-state index in [0.29, 0.717) is 5.69 Å². The van der Waals surface area contributed by atoms with E-state index in [4.69, 9.17) is 0 Å². The molecular weight excluding hydrogens is 326 g/mol. The van der Waals surface area contributed by atoms with E-state index in [1.807, 2.05) is 30.3 Å². The van der Waals surface area contributed by atoms with Gasteiger partial charge in [0.1, 0.15) is 0 Å². The Bertz CT molecular complexity index is 767. The fraction of sp³-hybridized carbons (Fsp3) is 0.364. The summed E-state index contributed by atoms with van der Waals surface area (Å²) in [5, 5.41) is 18.2. The highest BCUT2D eigenvalue weighted by atomic mass is 32.2. The predicted molar refractivity (Wildman–Crippen MR) is 109 cm³/mol. The molecule has 0 heterocycles. The SMILES string of the molecule is C=CSc1ccccc1Nc1cc(C(C)(C)C)cc(C(C)(C)C)c1[O-]. The third-order valence-corrected chi connectivity index (χ3v) is 4.91. The molecule has 134 valence electrons. The number of rotatable bonds is 4. The molecule has 25 heavy (non-hydrogen) atoms. The van der Waals surface area contributed by atoms with Crippen LogP contribution in [0, 0.1) is 0 Å². The molecule has 0 unspecified atom stereocenters. The summed E-state index contributed by atoms with van der Waals surface area (Å²) in [7, 11) is 0. The van der Waals surface area contributed by atoms with Gasteiger partial charge in [-0.3, -0.25) is 0 Å². The van der Waals surface area contributed by atoms with Crippen LogP contribution in [0.25, 0.3) is 0 Å². The number of nitrogens with one attached hydrogen (secondary N) is 1. The van der Waals surface area contributed by atoms with Gasteiger partial charge in [-0.1, -0.05) is 83.8 Å². The average molecular weight is 355 g/mol. The normalized spacial score (nSPS) is 12.1. The molecule has 2 aromatic carbocycles. The van der Waals surface area contributed by atoms with Crippen molar-refractivity contribution in [1.29, 1.82) is 0 Å². The van der Waals surface area contributed by atoms with Crippen molar-refractivity contribution >= 4 is 23.1 Å². The van der Waals surface area contributed by atoms with Gasteiger partial charge in [0.2, 0.25) is 0 Å². The van der Waals surface area contributed by atoms with E-state index in [1.54, 1.807) is 17.2 Å². The second-order valence-corrected chi connectivity index (χ2v) is 9.32. The number of thioether (sulfide) groups is 1. The van der Waals surface area contributed by atoms with Crippen LogP contribution >= 0.6 is 11.8 Å². The van der Waals surface area contributed by atoms with Crippen LogP contribution in [0.5, 0.6) is 5.75 Å². The van der Waals surface area contributed by atoms with Crippen LogP contribution in [0.4, 0.5) is 11.4 Å². The Morgan fingerprint density at radius 3 is 2.16 bits per heavy atom. The van der Waals surface area contributed by atoms with E-state index in [-0.39, 0.29) is 16.6 Å². The van der Waals surface area contributed by atoms with Crippen LogP contribution in [0.3, 0.4) is 0 Å². The van der Waals surface area contributed by atoms with E-state index in [0.717, 1.165) is 21.7 Å². The van der Waals surface area contributed by atoms with Gasteiger partial charge in [-0.2, -0.15) is 0 Å². The summed E-state index contributed by atoms with van der Waals surface area (Å²) in [6, 6.07) is 12.0. The van der Waals surface area contributed by atoms with Crippen molar-refractivity contribution in [2.24, 2.45) is 0 Å². The number of hydrogen-bond donors (Lipinski definition) is 1. The van der Waals surface area contributed by atoms with Gasteiger partial charge in [0.25, 0.3) is 0 Å². The van der Waals surface area contributed by atoms with Crippen molar-refractivity contribution in [2.75, 3.05) is 5.32 Å². The summed E-state index contributed by atoms with van der Waals surface area (Å²) >= 11 is 1.55. The molecule has 0 bridgehead atoms. The largest absolute Gasteiger partial charge is 0.871 e. The van der Waals surface area contributed by atoms with Gasteiger partial charge in [-0.25, -0.2) is 0 Å². The van der Waals surface area contributed by atoms with Crippen molar-refractivity contribution in [3.8, 4) is 5.75 Å². The second kappa shape index (κ2) is 7.17. The molecule has 3 heteroatoms. The van der Waals surface area contributed by atoms with Crippen molar-refractivity contribution in [3.63, 3.8) is 0 Å². The molecule has 0 saturated carbocycles. The van der Waals surface area contributed by atoms with Crippen LogP contribution in [-0.4, -0.2) is 0 Å². The molecule has 2 aromatic rings. The Morgan fingerprint density at radius 2 is 1.60 bits per heavy atom. The Hall–Kier alpha value is -1.87. The molecule has 2 nitrogen and oxygen atoms in total. The average Bonchev–Trinajstić information content (AvgIpc) is 2.49. The quantitative estimate of drug-likeness (QED) is 0.651. The zero-order valence-corrected chi connectivity index (χ0v) is 16.9. The molecule has 0 aromatic heterocycles. The van der Waals surface area contributed by atoms with Crippen molar-refractivity contribution in [3.05, 3.63) is 59.5 Å². The van der Waals surface area contributed by atoms with Crippen molar-refractivity contribution < 1.29 is 5.11 Å². The molecule has 0 spiro atoms. The van der Waals surface area contributed by atoms with Gasteiger partial charge in [0.15, 0.2) is 0 Å². The van der Waals surface area contributed by atoms with Crippen LogP contribution in [-0.2, 0) is 10.8 Å².